The normalized spacial score (nSPS) is 21.1. The second-order valence-corrected chi connectivity index (χ2v) is 17.0. The highest BCUT2D eigenvalue weighted by Crippen LogP contribution is 2.41. The van der Waals surface area contributed by atoms with E-state index in [1.807, 2.05) is 0 Å². The maximum atomic E-state index is 14.3. The molecular weight excluding hydrogens is 819 g/mol. The summed E-state index contributed by atoms with van der Waals surface area (Å²) in [7, 11) is 1.42. The SMILES string of the molecule is Cn1c(-c2c(C(F)(F)F)n[nH]c2-c2ccc(NC3CCC3)cn2)cnc1C(=O)Nc1ccc(C(=O)N2CCN(C(=O)C3CC[N+](CC(=O)O)(CC4CNC4)CC3)CC2)c(Cl)c1. The Balaban J connectivity index is 0.885. The number of benzene rings is 1. The van der Waals surface area contributed by atoms with E-state index in [0.29, 0.717) is 68.6 Å². The van der Waals surface area contributed by atoms with Gasteiger partial charge in [0.05, 0.1) is 70.9 Å². The number of rotatable bonds is 12. The molecule has 20 heteroatoms. The number of pyridine rings is 1. The number of carbonyl (C=O) groups is 4. The largest absolute Gasteiger partial charge is 0.477 e. The molecule has 1 aromatic carbocycles. The molecule has 4 aromatic rings. The second kappa shape index (κ2) is 17.1. The first-order valence-corrected chi connectivity index (χ1v) is 20.9. The van der Waals surface area contributed by atoms with E-state index >= 15 is 0 Å². The van der Waals surface area contributed by atoms with Gasteiger partial charge < -0.3 is 39.9 Å². The van der Waals surface area contributed by atoms with Crippen LogP contribution in [0.2, 0.25) is 5.02 Å². The average Bonchev–Trinajstić information content (AvgIpc) is 3.81. The number of carboxylic acid groups (broad SMARTS) is 1. The van der Waals surface area contributed by atoms with Crippen LogP contribution in [0.4, 0.5) is 24.5 Å². The molecule has 4 aliphatic rings. The first kappa shape index (κ1) is 42.2. The van der Waals surface area contributed by atoms with E-state index in [0.717, 1.165) is 44.6 Å². The van der Waals surface area contributed by atoms with Crippen molar-refractivity contribution >= 4 is 46.7 Å². The summed E-state index contributed by atoms with van der Waals surface area (Å²) in [4.78, 5) is 64.3. The monoisotopic (exact) mass is 866 g/mol. The molecule has 5 N–H and O–H groups in total. The van der Waals surface area contributed by atoms with Crippen molar-refractivity contribution in [3.63, 3.8) is 0 Å². The first-order valence-electron chi connectivity index (χ1n) is 20.6. The molecule has 324 valence electrons. The van der Waals surface area contributed by atoms with Crippen molar-refractivity contribution in [2.75, 3.05) is 76.1 Å². The topological polar surface area (TPSA) is 190 Å². The Labute approximate surface area is 354 Å². The molecular formula is C41H48ClF3N11O5+. The van der Waals surface area contributed by atoms with Crippen LogP contribution in [-0.4, -0.2) is 139 Å². The number of nitrogens with zero attached hydrogens (tertiary/aromatic N) is 7. The summed E-state index contributed by atoms with van der Waals surface area (Å²) in [6, 6.07) is 8.09. The van der Waals surface area contributed by atoms with Crippen LogP contribution >= 0.6 is 11.6 Å². The van der Waals surface area contributed by atoms with E-state index < -0.39 is 23.7 Å². The van der Waals surface area contributed by atoms with Crippen LogP contribution in [0, 0.1) is 11.8 Å². The summed E-state index contributed by atoms with van der Waals surface area (Å²) in [5.41, 5.74) is -0.0883. The van der Waals surface area contributed by atoms with Crippen LogP contribution in [0.25, 0.3) is 22.6 Å². The molecule has 61 heavy (non-hydrogen) atoms. The molecule has 0 atom stereocenters. The van der Waals surface area contributed by atoms with Crippen LogP contribution in [0.15, 0.2) is 42.7 Å². The minimum atomic E-state index is -4.83. The van der Waals surface area contributed by atoms with Gasteiger partial charge in [-0.05, 0) is 49.6 Å². The molecule has 16 nitrogen and oxygen atoms in total. The highest BCUT2D eigenvalue weighted by atomic mass is 35.5. The predicted molar refractivity (Wildman–Crippen MR) is 219 cm³/mol. The molecule has 1 saturated carbocycles. The lowest BCUT2D eigenvalue weighted by molar-refractivity contribution is -0.929. The van der Waals surface area contributed by atoms with Crippen molar-refractivity contribution in [3.8, 4) is 22.6 Å². The minimum Gasteiger partial charge on any atom is -0.477 e. The van der Waals surface area contributed by atoms with Gasteiger partial charge in [0.2, 0.25) is 5.91 Å². The van der Waals surface area contributed by atoms with E-state index in [1.165, 1.54) is 36.0 Å². The van der Waals surface area contributed by atoms with Crippen molar-refractivity contribution in [2.45, 2.75) is 44.3 Å². The molecule has 4 fully saturated rings. The second-order valence-electron chi connectivity index (χ2n) is 16.6. The zero-order valence-corrected chi connectivity index (χ0v) is 34.4. The number of halogens is 4. The highest BCUT2D eigenvalue weighted by Gasteiger charge is 2.43. The molecule has 3 amide bonds. The third-order valence-electron chi connectivity index (χ3n) is 12.5. The van der Waals surface area contributed by atoms with Gasteiger partial charge in [-0.25, -0.2) is 9.78 Å². The Morgan fingerprint density at radius 2 is 1.66 bits per heavy atom. The number of aromatic nitrogens is 5. The minimum absolute atomic E-state index is 0.0132. The van der Waals surface area contributed by atoms with E-state index in [-0.39, 0.29) is 69.0 Å². The maximum Gasteiger partial charge on any atom is 0.435 e. The summed E-state index contributed by atoms with van der Waals surface area (Å²) in [5, 5.41) is 25.0. The highest BCUT2D eigenvalue weighted by molar-refractivity contribution is 6.34. The number of hydrogen-bond acceptors (Lipinski definition) is 9. The van der Waals surface area contributed by atoms with Crippen LogP contribution < -0.4 is 16.0 Å². The number of H-pyrrole nitrogens is 1. The van der Waals surface area contributed by atoms with Crippen molar-refractivity contribution in [1.29, 1.82) is 0 Å². The summed E-state index contributed by atoms with van der Waals surface area (Å²) in [5.74, 6) is -1.77. The van der Waals surface area contributed by atoms with E-state index in [1.54, 1.807) is 28.1 Å². The number of aliphatic carboxylic acids is 1. The predicted octanol–water partition coefficient (Wildman–Crippen LogP) is 4.58. The fraction of sp³-hybridized carbons (Fsp3) is 0.488. The quantitative estimate of drug-likeness (QED) is 0.126. The van der Waals surface area contributed by atoms with Crippen molar-refractivity contribution < 1.29 is 41.9 Å². The molecule has 6 heterocycles. The number of carboxylic acids is 1. The number of anilines is 2. The van der Waals surface area contributed by atoms with Gasteiger partial charge in [-0.2, -0.15) is 18.3 Å². The summed E-state index contributed by atoms with van der Waals surface area (Å²) >= 11 is 6.58. The van der Waals surface area contributed by atoms with Crippen LogP contribution in [0.1, 0.15) is 58.8 Å². The van der Waals surface area contributed by atoms with Gasteiger partial charge in [-0.1, -0.05) is 11.6 Å². The summed E-state index contributed by atoms with van der Waals surface area (Å²) in [6.07, 6.45) is 2.38. The van der Waals surface area contributed by atoms with Gasteiger partial charge in [0.25, 0.3) is 11.8 Å². The first-order chi connectivity index (χ1) is 29.2. The third kappa shape index (κ3) is 8.95. The van der Waals surface area contributed by atoms with E-state index in [2.05, 4.69) is 36.1 Å². The third-order valence-corrected chi connectivity index (χ3v) is 12.9. The van der Waals surface area contributed by atoms with E-state index in [9.17, 15) is 37.5 Å². The molecule has 3 aromatic heterocycles. The van der Waals surface area contributed by atoms with Crippen molar-refractivity contribution in [3.05, 3.63) is 64.8 Å². The average molecular weight is 867 g/mol. The Kier molecular flexibility index (Phi) is 11.8. The number of nitrogens with one attached hydrogen (secondary N) is 4. The fourth-order valence-electron chi connectivity index (χ4n) is 8.84. The van der Waals surface area contributed by atoms with Crippen LogP contribution in [0.5, 0.6) is 0 Å². The number of aromatic amines is 1. The Morgan fingerprint density at radius 3 is 2.25 bits per heavy atom. The summed E-state index contributed by atoms with van der Waals surface area (Å²) < 4.78 is 44.5. The Bertz CT molecular complexity index is 2290. The van der Waals surface area contributed by atoms with Gasteiger partial charge in [-0.15, -0.1) is 0 Å². The fourth-order valence-corrected chi connectivity index (χ4v) is 9.10. The van der Waals surface area contributed by atoms with Crippen molar-refractivity contribution in [2.24, 2.45) is 18.9 Å². The number of piperazine rings is 1. The molecule has 1 aliphatic carbocycles. The lowest BCUT2D eigenvalue weighted by Crippen LogP contribution is -2.62. The van der Waals surface area contributed by atoms with Crippen LogP contribution in [-0.2, 0) is 22.8 Å². The van der Waals surface area contributed by atoms with Gasteiger partial charge >= 0.3 is 12.1 Å². The number of hydrogen-bond donors (Lipinski definition) is 5. The van der Waals surface area contributed by atoms with Gasteiger partial charge in [0, 0.05) is 82.7 Å². The molecule has 0 spiro atoms. The molecule has 0 bridgehead atoms. The number of quaternary nitrogens is 1. The number of imidazole rings is 1. The standard InChI is InChI=1S/C41H47ClF3N11O5/c1-53-32(34-35(51-52-36(34)41(43,44)45)31-8-6-28(20-47-31)49-26-3-2-4-26)21-48-37(53)38(59)50-27-5-7-29(30(42)17-27)40(61)55-13-11-54(12-14-55)39(60)25-9-15-56(16-10-25,23-33(57)58)22-24-18-46-19-24/h5-8,17,20-21,24-26,46H,2-4,9-16,18-19,22-23H2,1H3,(H3-,47,48,49,50,51,52,57,58,59,61)/p+1. The number of piperidine rings is 1. The smallest absolute Gasteiger partial charge is 0.435 e. The number of alkyl halides is 3. The molecule has 3 aliphatic heterocycles. The Hall–Kier alpha value is -5.53. The van der Waals surface area contributed by atoms with Gasteiger partial charge in [0.1, 0.15) is 0 Å². The van der Waals surface area contributed by atoms with Gasteiger partial charge in [-0.3, -0.25) is 24.5 Å². The maximum absolute atomic E-state index is 14.3. The zero-order valence-electron chi connectivity index (χ0n) is 33.6. The van der Waals surface area contributed by atoms with Crippen molar-refractivity contribution in [1.82, 2.24) is 39.8 Å². The molecule has 8 rings (SSSR count). The number of carbonyl (C=O) groups excluding carboxylic acids is 3. The summed E-state index contributed by atoms with van der Waals surface area (Å²) in [6.45, 7) is 5.26. The Morgan fingerprint density at radius 1 is 0.951 bits per heavy atom. The lowest BCUT2D eigenvalue weighted by Gasteiger charge is -2.46. The lowest BCUT2D eigenvalue weighted by atomic mass is 9.90. The van der Waals surface area contributed by atoms with E-state index in [4.69, 9.17) is 11.6 Å². The molecule has 3 saturated heterocycles. The molecule has 0 unspecified atom stereocenters. The molecule has 0 radical (unpaired) electrons. The zero-order chi connectivity index (χ0) is 43.1. The number of amides is 3. The number of likely N-dealkylation sites (tertiary alicyclic amines) is 1. The van der Waals surface area contributed by atoms with Crippen LogP contribution in [0.3, 0.4) is 0 Å². The van der Waals surface area contributed by atoms with Gasteiger partial charge in [0.15, 0.2) is 18.1 Å².